The molecule has 0 bridgehead atoms. The summed E-state index contributed by atoms with van der Waals surface area (Å²) in [6.45, 7) is 3.34. The standard InChI is InChI=1S/C22H21N7O7/c1-11(30)33-9-14-18(34-12(2)31)19(35-13(3)32)22(36-14)29-10-25-17-20(26-15-6-4-5-7-24-15)27-16(8-23)28-21(17)29/h4-7,10,14,18-19,22H,9H2,1-3H3,(H,24,26,27,28). The molecule has 4 heterocycles. The topological polar surface area (TPSA) is 180 Å². The summed E-state index contributed by atoms with van der Waals surface area (Å²) in [5.41, 5.74) is 0.453. The first-order chi connectivity index (χ1) is 17.3. The number of esters is 3. The largest absolute Gasteiger partial charge is 0.463 e. The number of aromatic nitrogens is 5. The van der Waals surface area contributed by atoms with E-state index in [1.807, 2.05) is 6.07 Å². The minimum atomic E-state index is -1.14. The Morgan fingerprint density at radius 1 is 1.08 bits per heavy atom. The number of imidazole rings is 1. The Bertz CT molecular complexity index is 1340. The van der Waals surface area contributed by atoms with Crippen LogP contribution in [0.25, 0.3) is 11.2 Å². The van der Waals surface area contributed by atoms with Crippen molar-refractivity contribution in [3.8, 4) is 6.07 Å². The molecular weight excluding hydrogens is 474 g/mol. The minimum absolute atomic E-state index is 0.169. The van der Waals surface area contributed by atoms with Gasteiger partial charge in [0.05, 0.1) is 6.33 Å². The average molecular weight is 495 g/mol. The number of pyridine rings is 1. The highest BCUT2D eigenvalue weighted by Gasteiger charge is 2.51. The van der Waals surface area contributed by atoms with Crippen molar-refractivity contribution < 1.29 is 33.3 Å². The van der Waals surface area contributed by atoms with E-state index < -0.39 is 42.4 Å². The quantitative estimate of drug-likeness (QED) is 0.364. The van der Waals surface area contributed by atoms with Crippen molar-refractivity contribution in [2.75, 3.05) is 11.9 Å². The number of rotatable bonds is 7. The van der Waals surface area contributed by atoms with Crippen molar-refractivity contribution in [1.29, 1.82) is 5.26 Å². The third kappa shape index (κ3) is 5.20. The Labute approximate surface area is 204 Å². The summed E-state index contributed by atoms with van der Waals surface area (Å²) >= 11 is 0. The lowest BCUT2D eigenvalue weighted by molar-refractivity contribution is -0.166. The monoisotopic (exact) mass is 495 g/mol. The van der Waals surface area contributed by atoms with Gasteiger partial charge in [-0.05, 0) is 12.1 Å². The molecule has 3 aromatic heterocycles. The van der Waals surface area contributed by atoms with E-state index in [4.69, 9.17) is 18.9 Å². The van der Waals surface area contributed by atoms with Gasteiger partial charge in [-0.25, -0.2) is 9.97 Å². The van der Waals surface area contributed by atoms with Crippen molar-refractivity contribution in [2.24, 2.45) is 0 Å². The number of carbonyl (C=O) groups excluding carboxylic acids is 3. The van der Waals surface area contributed by atoms with Crippen molar-refractivity contribution in [3.05, 3.63) is 36.5 Å². The molecule has 4 atom stereocenters. The van der Waals surface area contributed by atoms with Gasteiger partial charge >= 0.3 is 17.9 Å². The molecular formula is C22H21N7O7. The van der Waals surface area contributed by atoms with E-state index in [2.05, 4.69) is 25.3 Å². The zero-order valence-electron chi connectivity index (χ0n) is 19.4. The van der Waals surface area contributed by atoms with Crippen LogP contribution in [0.3, 0.4) is 0 Å². The summed E-state index contributed by atoms with van der Waals surface area (Å²) in [6.07, 6.45) is -1.35. The molecule has 1 aliphatic heterocycles. The molecule has 186 valence electrons. The second-order valence-electron chi connectivity index (χ2n) is 7.69. The van der Waals surface area contributed by atoms with Gasteiger partial charge in [-0.1, -0.05) is 6.07 Å². The number of hydrogen-bond acceptors (Lipinski definition) is 13. The van der Waals surface area contributed by atoms with E-state index >= 15 is 0 Å². The minimum Gasteiger partial charge on any atom is -0.463 e. The Kier molecular flexibility index (Phi) is 7.02. The third-order valence-electron chi connectivity index (χ3n) is 5.05. The second-order valence-corrected chi connectivity index (χ2v) is 7.69. The van der Waals surface area contributed by atoms with Crippen LogP contribution in [0.1, 0.15) is 32.8 Å². The maximum atomic E-state index is 11.9. The molecule has 0 saturated carbocycles. The SMILES string of the molecule is CC(=O)OCC1OC(n2cnc3c(Nc4ccccn4)nc(C#N)nc32)C(OC(C)=O)C1OC(C)=O. The fourth-order valence-corrected chi connectivity index (χ4v) is 3.71. The smallest absolute Gasteiger partial charge is 0.303 e. The van der Waals surface area contributed by atoms with Gasteiger partial charge in [-0.2, -0.15) is 15.2 Å². The first-order valence-electron chi connectivity index (χ1n) is 10.7. The zero-order valence-corrected chi connectivity index (χ0v) is 19.4. The maximum absolute atomic E-state index is 11.9. The maximum Gasteiger partial charge on any atom is 0.303 e. The van der Waals surface area contributed by atoms with E-state index in [-0.39, 0.29) is 29.4 Å². The Morgan fingerprint density at radius 2 is 1.83 bits per heavy atom. The summed E-state index contributed by atoms with van der Waals surface area (Å²) < 4.78 is 23.4. The van der Waals surface area contributed by atoms with Gasteiger partial charge in [-0.15, -0.1) is 0 Å². The number of hydrogen-bond donors (Lipinski definition) is 1. The number of nitrogens with zero attached hydrogens (tertiary/aromatic N) is 6. The highest BCUT2D eigenvalue weighted by atomic mass is 16.7. The molecule has 36 heavy (non-hydrogen) atoms. The molecule has 14 nitrogen and oxygen atoms in total. The van der Waals surface area contributed by atoms with Crippen molar-refractivity contribution >= 4 is 40.7 Å². The van der Waals surface area contributed by atoms with Gasteiger partial charge in [0.25, 0.3) is 0 Å². The summed E-state index contributed by atoms with van der Waals surface area (Å²) in [5.74, 6) is -1.38. The lowest BCUT2D eigenvalue weighted by Gasteiger charge is -2.23. The lowest BCUT2D eigenvalue weighted by Crippen LogP contribution is -2.40. The van der Waals surface area contributed by atoms with Gasteiger partial charge in [0.1, 0.15) is 24.6 Å². The number of carbonyl (C=O) groups is 3. The highest BCUT2D eigenvalue weighted by molar-refractivity contribution is 5.85. The van der Waals surface area contributed by atoms with Crippen molar-refractivity contribution in [2.45, 2.75) is 45.3 Å². The number of nitriles is 1. The number of fused-ring (bicyclic) bond motifs is 1. The molecule has 4 unspecified atom stereocenters. The number of nitrogens with one attached hydrogen (secondary N) is 1. The molecule has 1 N–H and O–H groups in total. The molecule has 4 rings (SSSR count). The second kappa shape index (κ2) is 10.3. The Morgan fingerprint density at radius 3 is 2.47 bits per heavy atom. The molecule has 3 aromatic rings. The van der Waals surface area contributed by atoms with Crippen LogP contribution in [0.5, 0.6) is 0 Å². The summed E-state index contributed by atoms with van der Waals surface area (Å²) in [5, 5.41) is 12.5. The normalized spacial score (nSPS) is 20.9. The van der Waals surface area contributed by atoms with Crippen molar-refractivity contribution in [1.82, 2.24) is 24.5 Å². The molecule has 0 aromatic carbocycles. The van der Waals surface area contributed by atoms with Gasteiger partial charge in [0.2, 0.25) is 5.82 Å². The van der Waals surface area contributed by atoms with E-state index in [0.29, 0.717) is 5.82 Å². The summed E-state index contributed by atoms with van der Waals surface area (Å²) in [4.78, 5) is 52.1. The molecule has 1 saturated heterocycles. The van der Waals surface area contributed by atoms with Crippen LogP contribution in [0.15, 0.2) is 30.7 Å². The van der Waals surface area contributed by atoms with Gasteiger partial charge in [0, 0.05) is 27.0 Å². The van der Waals surface area contributed by atoms with E-state index in [1.54, 1.807) is 24.4 Å². The van der Waals surface area contributed by atoms with Crippen LogP contribution in [-0.4, -0.2) is 67.3 Å². The van der Waals surface area contributed by atoms with E-state index in [1.165, 1.54) is 31.7 Å². The predicted molar refractivity (Wildman–Crippen MR) is 119 cm³/mol. The van der Waals surface area contributed by atoms with Crippen LogP contribution < -0.4 is 5.32 Å². The Balaban J connectivity index is 1.78. The third-order valence-corrected chi connectivity index (χ3v) is 5.05. The highest BCUT2D eigenvalue weighted by Crippen LogP contribution is 2.36. The van der Waals surface area contributed by atoms with Crippen LogP contribution >= 0.6 is 0 Å². The summed E-state index contributed by atoms with van der Waals surface area (Å²) in [7, 11) is 0. The van der Waals surface area contributed by atoms with Gasteiger partial charge in [0.15, 0.2) is 35.4 Å². The summed E-state index contributed by atoms with van der Waals surface area (Å²) in [6, 6.07) is 7.12. The average Bonchev–Trinajstić information content (AvgIpc) is 3.39. The van der Waals surface area contributed by atoms with E-state index in [9.17, 15) is 19.6 Å². The molecule has 1 aliphatic rings. The van der Waals surface area contributed by atoms with Crippen molar-refractivity contribution in [3.63, 3.8) is 0 Å². The van der Waals surface area contributed by atoms with E-state index in [0.717, 1.165) is 0 Å². The molecule has 0 spiro atoms. The molecule has 0 aliphatic carbocycles. The number of ether oxygens (including phenoxy) is 4. The van der Waals surface area contributed by atoms with Crippen LogP contribution in [0.2, 0.25) is 0 Å². The Hall–Kier alpha value is -4.64. The first-order valence-corrected chi connectivity index (χ1v) is 10.7. The van der Waals surface area contributed by atoms with Crippen LogP contribution in [-0.2, 0) is 33.3 Å². The first kappa shape index (κ1) is 24.5. The van der Waals surface area contributed by atoms with Gasteiger partial charge < -0.3 is 24.3 Å². The molecule has 0 radical (unpaired) electrons. The van der Waals surface area contributed by atoms with Crippen LogP contribution in [0, 0.1) is 11.3 Å². The number of anilines is 2. The molecule has 14 heteroatoms. The fraction of sp³-hybridized carbons (Fsp3) is 0.364. The fourth-order valence-electron chi connectivity index (χ4n) is 3.71. The molecule has 1 fully saturated rings. The zero-order chi connectivity index (χ0) is 25.8. The lowest BCUT2D eigenvalue weighted by atomic mass is 10.1. The van der Waals surface area contributed by atoms with Gasteiger partial charge in [-0.3, -0.25) is 19.0 Å². The van der Waals surface area contributed by atoms with Crippen LogP contribution in [0.4, 0.5) is 11.6 Å². The predicted octanol–water partition coefficient (Wildman–Crippen LogP) is 1.16. The molecule has 0 amide bonds.